The van der Waals surface area contributed by atoms with Crippen LogP contribution in [0.5, 0.6) is 0 Å². The maximum atomic E-state index is 13.9. The Hall–Kier alpha value is -1.81. The first-order chi connectivity index (χ1) is 9.54. The number of hydrogen-bond donors (Lipinski definition) is 4. The Morgan fingerprint density at radius 3 is 2.75 bits per heavy atom. The molecule has 2 aromatic rings. The molecule has 4 atom stereocenters. The minimum atomic E-state index is -1.32. The molecule has 3 heterocycles. The minimum Gasteiger partial charge on any atom is -0.394 e. The Morgan fingerprint density at radius 2 is 2.10 bits per heavy atom. The smallest absolute Gasteiger partial charge is 0.164 e. The van der Waals surface area contributed by atoms with Crippen molar-refractivity contribution in [2.45, 2.75) is 24.5 Å². The lowest BCUT2D eigenvalue weighted by atomic mass is 10.1. The number of aromatic nitrogens is 3. The van der Waals surface area contributed by atoms with Crippen LogP contribution in [-0.2, 0) is 4.74 Å². The number of aliphatic hydroxyl groups excluding tert-OH is 3. The van der Waals surface area contributed by atoms with E-state index in [9.17, 15) is 14.6 Å². The van der Waals surface area contributed by atoms with Crippen molar-refractivity contribution in [3.63, 3.8) is 0 Å². The Kier molecular flexibility index (Phi) is 3.05. The van der Waals surface area contributed by atoms with Gasteiger partial charge < -0.3 is 30.4 Å². The van der Waals surface area contributed by atoms with Crippen molar-refractivity contribution < 1.29 is 24.4 Å². The molecule has 0 saturated carbocycles. The number of aliphatic hydroxyl groups is 3. The molecule has 0 aliphatic carbocycles. The van der Waals surface area contributed by atoms with Gasteiger partial charge in [-0.2, -0.15) is 0 Å². The molecule has 1 unspecified atom stereocenters. The van der Waals surface area contributed by atoms with Crippen LogP contribution in [0.25, 0.3) is 11.0 Å². The van der Waals surface area contributed by atoms with E-state index in [2.05, 4.69) is 9.97 Å². The standard InChI is InChI=1S/C11H13FN4O4/c12-4-1-16(10-6(4)9(13)14-3-15-10)11-8(19)7(18)5(2-17)20-11/h1,3,5,7-8,11,17-19H,2H2,(H2,13,14,15)/t5-,7?,8+,11-/m1/s1. The molecule has 1 fully saturated rings. The van der Waals surface area contributed by atoms with Crippen molar-refractivity contribution >= 4 is 16.9 Å². The van der Waals surface area contributed by atoms with Crippen LogP contribution in [0.4, 0.5) is 10.2 Å². The third-order valence-corrected chi connectivity index (χ3v) is 3.38. The molecular formula is C11H13FN4O4. The van der Waals surface area contributed by atoms with Gasteiger partial charge in [-0.25, -0.2) is 14.4 Å². The Labute approximate surface area is 112 Å². The molecule has 0 bridgehead atoms. The maximum absolute atomic E-state index is 13.9. The number of nitrogen functional groups attached to an aromatic ring is 1. The molecule has 108 valence electrons. The van der Waals surface area contributed by atoms with E-state index < -0.39 is 37.0 Å². The molecule has 1 aliphatic heterocycles. The van der Waals surface area contributed by atoms with Gasteiger partial charge in [0.2, 0.25) is 0 Å². The van der Waals surface area contributed by atoms with E-state index in [1.54, 1.807) is 0 Å². The van der Waals surface area contributed by atoms with E-state index >= 15 is 0 Å². The van der Waals surface area contributed by atoms with E-state index in [0.29, 0.717) is 0 Å². The van der Waals surface area contributed by atoms with Gasteiger partial charge in [0.05, 0.1) is 12.0 Å². The molecule has 2 aromatic heterocycles. The highest BCUT2D eigenvalue weighted by atomic mass is 19.1. The molecule has 9 heteroatoms. The summed E-state index contributed by atoms with van der Waals surface area (Å²) >= 11 is 0. The summed E-state index contributed by atoms with van der Waals surface area (Å²) in [7, 11) is 0. The average Bonchev–Trinajstić information content (AvgIpc) is 2.90. The number of rotatable bonds is 2. The number of nitrogens with two attached hydrogens (primary N) is 1. The van der Waals surface area contributed by atoms with Gasteiger partial charge in [-0.3, -0.25) is 0 Å². The molecule has 0 aromatic carbocycles. The summed E-state index contributed by atoms with van der Waals surface area (Å²) in [5.41, 5.74) is 5.73. The highest BCUT2D eigenvalue weighted by Crippen LogP contribution is 2.33. The first kappa shape index (κ1) is 13.2. The lowest BCUT2D eigenvalue weighted by Gasteiger charge is -2.16. The van der Waals surface area contributed by atoms with E-state index in [1.807, 2.05) is 0 Å². The topological polar surface area (TPSA) is 127 Å². The summed E-state index contributed by atoms with van der Waals surface area (Å²) in [6.07, 6.45) is -2.38. The number of fused-ring (bicyclic) bond motifs is 1. The van der Waals surface area contributed by atoms with E-state index in [1.165, 1.54) is 4.57 Å². The van der Waals surface area contributed by atoms with Gasteiger partial charge in [-0.05, 0) is 0 Å². The molecule has 1 saturated heterocycles. The van der Waals surface area contributed by atoms with Gasteiger partial charge in [-0.15, -0.1) is 0 Å². The van der Waals surface area contributed by atoms with Crippen molar-refractivity contribution in [1.29, 1.82) is 0 Å². The molecule has 0 radical (unpaired) electrons. The molecule has 0 amide bonds. The Bertz CT molecular complexity index is 649. The van der Waals surface area contributed by atoms with Crippen molar-refractivity contribution in [2.75, 3.05) is 12.3 Å². The average molecular weight is 284 g/mol. The molecular weight excluding hydrogens is 271 g/mol. The lowest BCUT2D eigenvalue weighted by molar-refractivity contribution is -0.0510. The van der Waals surface area contributed by atoms with Crippen LogP contribution in [0, 0.1) is 5.82 Å². The first-order valence-corrected chi connectivity index (χ1v) is 5.93. The summed E-state index contributed by atoms with van der Waals surface area (Å²) in [4.78, 5) is 7.61. The quantitative estimate of drug-likeness (QED) is 0.543. The summed E-state index contributed by atoms with van der Waals surface area (Å²) in [5.74, 6) is -0.686. The fourth-order valence-corrected chi connectivity index (χ4v) is 2.37. The summed E-state index contributed by atoms with van der Waals surface area (Å²) in [5, 5.41) is 28.7. The van der Waals surface area contributed by atoms with E-state index in [0.717, 1.165) is 12.5 Å². The third kappa shape index (κ3) is 1.75. The molecule has 1 aliphatic rings. The van der Waals surface area contributed by atoms with Crippen molar-refractivity contribution in [2.24, 2.45) is 0 Å². The van der Waals surface area contributed by atoms with Crippen LogP contribution in [0.1, 0.15) is 6.23 Å². The van der Waals surface area contributed by atoms with Crippen LogP contribution < -0.4 is 5.73 Å². The van der Waals surface area contributed by atoms with Gasteiger partial charge in [-0.1, -0.05) is 0 Å². The van der Waals surface area contributed by atoms with Gasteiger partial charge in [0.25, 0.3) is 0 Å². The first-order valence-electron chi connectivity index (χ1n) is 5.93. The van der Waals surface area contributed by atoms with Crippen molar-refractivity contribution in [1.82, 2.24) is 14.5 Å². The van der Waals surface area contributed by atoms with E-state index in [-0.39, 0.29) is 16.9 Å². The van der Waals surface area contributed by atoms with E-state index in [4.69, 9.17) is 15.6 Å². The fraction of sp³-hybridized carbons (Fsp3) is 0.455. The van der Waals surface area contributed by atoms with Gasteiger partial charge in [0.15, 0.2) is 17.7 Å². The summed E-state index contributed by atoms with van der Waals surface area (Å²) < 4.78 is 20.5. The summed E-state index contributed by atoms with van der Waals surface area (Å²) in [6.45, 7) is -0.465. The van der Waals surface area contributed by atoms with Gasteiger partial charge in [0, 0.05) is 6.20 Å². The maximum Gasteiger partial charge on any atom is 0.164 e. The zero-order valence-corrected chi connectivity index (χ0v) is 10.2. The normalized spacial score (nSPS) is 30.2. The highest BCUT2D eigenvalue weighted by Gasteiger charge is 2.44. The van der Waals surface area contributed by atoms with Crippen LogP contribution in [0.2, 0.25) is 0 Å². The minimum absolute atomic E-state index is 0.0187. The second-order valence-corrected chi connectivity index (χ2v) is 4.57. The Morgan fingerprint density at radius 1 is 1.35 bits per heavy atom. The molecule has 3 rings (SSSR count). The second kappa shape index (κ2) is 4.63. The fourth-order valence-electron chi connectivity index (χ4n) is 2.37. The van der Waals surface area contributed by atoms with Crippen LogP contribution >= 0.6 is 0 Å². The molecule has 8 nitrogen and oxygen atoms in total. The number of nitrogens with zero attached hydrogens (tertiary/aromatic N) is 3. The zero-order valence-electron chi connectivity index (χ0n) is 10.2. The van der Waals surface area contributed by atoms with Crippen LogP contribution in [-0.4, -0.2) is 54.8 Å². The monoisotopic (exact) mass is 284 g/mol. The Balaban J connectivity index is 2.10. The largest absolute Gasteiger partial charge is 0.394 e. The second-order valence-electron chi connectivity index (χ2n) is 4.57. The highest BCUT2D eigenvalue weighted by molar-refractivity contribution is 5.86. The molecule has 5 N–H and O–H groups in total. The third-order valence-electron chi connectivity index (χ3n) is 3.38. The zero-order chi connectivity index (χ0) is 14.4. The number of anilines is 1. The predicted molar refractivity (Wildman–Crippen MR) is 64.9 cm³/mol. The summed E-state index contributed by atoms with van der Waals surface area (Å²) in [6, 6.07) is 0. The lowest BCUT2D eigenvalue weighted by Crippen LogP contribution is -2.33. The SMILES string of the molecule is Nc1ncnc2c1c(F)cn2[C@@H]1O[C@H](CO)C(O)[C@@H]1O. The molecule has 20 heavy (non-hydrogen) atoms. The number of ether oxygens (including phenoxy) is 1. The van der Waals surface area contributed by atoms with Crippen LogP contribution in [0.3, 0.4) is 0 Å². The molecule has 0 spiro atoms. The number of hydrogen-bond acceptors (Lipinski definition) is 7. The van der Waals surface area contributed by atoms with Crippen molar-refractivity contribution in [3.05, 3.63) is 18.3 Å². The number of halogens is 1. The van der Waals surface area contributed by atoms with Crippen molar-refractivity contribution in [3.8, 4) is 0 Å². The predicted octanol–water partition coefficient (Wildman–Crippen LogP) is -1.24. The van der Waals surface area contributed by atoms with Gasteiger partial charge in [0.1, 0.15) is 30.5 Å². The van der Waals surface area contributed by atoms with Crippen LogP contribution in [0.15, 0.2) is 12.5 Å². The van der Waals surface area contributed by atoms with Gasteiger partial charge >= 0.3 is 0 Å².